The highest BCUT2D eigenvalue weighted by Crippen LogP contribution is 2.38. The summed E-state index contributed by atoms with van der Waals surface area (Å²) in [5.41, 5.74) is 7.91. The first-order valence-corrected chi connectivity index (χ1v) is 7.44. The Bertz CT molecular complexity index is 575. The second kappa shape index (κ2) is 5.95. The van der Waals surface area contributed by atoms with Crippen LogP contribution in [0.5, 0.6) is 0 Å². The topological polar surface area (TPSA) is 66.0 Å². The summed E-state index contributed by atoms with van der Waals surface area (Å²) < 4.78 is 7.37. The molecule has 0 aliphatic carbocycles. The average Bonchev–Trinajstić information content (AvgIpc) is 2.94. The maximum Gasteiger partial charge on any atom is 0.138 e. The Morgan fingerprint density at radius 1 is 1.29 bits per heavy atom. The van der Waals surface area contributed by atoms with Gasteiger partial charge >= 0.3 is 0 Å². The van der Waals surface area contributed by atoms with E-state index in [0.717, 1.165) is 38.3 Å². The standard InChI is InChI=1S/C16H22N4O/c1-20-15(18-12-19-20)11-14(17)16(7-9-21-10-8-16)13-5-3-2-4-6-13/h2-6,12,14H,7-11,17H2,1H3. The number of nitrogens with two attached hydrogens (primary N) is 1. The van der Waals surface area contributed by atoms with Crippen LogP contribution in [0, 0.1) is 0 Å². The smallest absolute Gasteiger partial charge is 0.138 e. The minimum Gasteiger partial charge on any atom is -0.381 e. The second-order valence-electron chi connectivity index (χ2n) is 5.75. The first kappa shape index (κ1) is 14.2. The van der Waals surface area contributed by atoms with E-state index in [1.807, 2.05) is 13.1 Å². The van der Waals surface area contributed by atoms with Gasteiger partial charge < -0.3 is 10.5 Å². The molecule has 2 N–H and O–H groups in total. The Morgan fingerprint density at radius 3 is 2.62 bits per heavy atom. The molecule has 0 spiro atoms. The molecule has 0 saturated carbocycles. The first-order valence-electron chi connectivity index (χ1n) is 7.44. The largest absolute Gasteiger partial charge is 0.381 e. The molecule has 0 bridgehead atoms. The number of hydrogen-bond donors (Lipinski definition) is 1. The van der Waals surface area contributed by atoms with Crippen molar-refractivity contribution in [3.05, 3.63) is 48.0 Å². The van der Waals surface area contributed by atoms with Crippen molar-refractivity contribution in [1.29, 1.82) is 0 Å². The Hall–Kier alpha value is -1.72. The van der Waals surface area contributed by atoms with Crippen molar-refractivity contribution < 1.29 is 4.74 Å². The molecule has 1 saturated heterocycles. The van der Waals surface area contributed by atoms with Crippen LogP contribution in [0.15, 0.2) is 36.7 Å². The molecule has 0 amide bonds. The monoisotopic (exact) mass is 286 g/mol. The van der Waals surface area contributed by atoms with E-state index >= 15 is 0 Å². The number of nitrogens with zero attached hydrogens (tertiary/aromatic N) is 3. The molecule has 0 radical (unpaired) electrons. The molecule has 2 heterocycles. The van der Waals surface area contributed by atoms with Crippen molar-refractivity contribution in [1.82, 2.24) is 14.8 Å². The Balaban J connectivity index is 1.90. The van der Waals surface area contributed by atoms with Gasteiger partial charge in [-0.25, -0.2) is 4.98 Å². The molecule has 1 aliphatic heterocycles. The van der Waals surface area contributed by atoms with Crippen molar-refractivity contribution in [2.24, 2.45) is 12.8 Å². The lowest BCUT2D eigenvalue weighted by molar-refractivity contribution is 0.0396. The maximum absolute atomic E-state index is 6.64. The summed E-state index contributed by atoms with van der Waals surface area (Å²) in [4.78, 5) is 4.32. The van der Waals surface area contributed by atoms with Crippen molar-refractivity contribution in [2.75, 3.05) is 13.2 Å². The summed E-state index contributed by atoms with van der Waals surface area (Å²) in [6.45, 7) is 1.53. The second-order valence-corrected chi connectivity index (χ2v) is 5.75. The molecular weight excluding hydrogens is 264 g/mol. The predicted molar refractivity (Wildman–Crippen MR) is 80.9 cm³/mol. The third kappa shape index (κ3) is 2.71. The summed E-state index contributed by atoms with van der Waals surface area (Å²) >= 11 is 0. The molecule has 1 aromatic heterocycles. The molecule has 21 heavy (non-hydrogen) atoms. The van der Waals surface area contributed by atoms with E-state index < -0.39 is 0 Å². The van der Waals surface area contributed by atoms with Gasteiger partial charge in [-0.15, -0.1) is 0 Å². The van der Waals surface area contributed by atoms with Crippen LogP contribution < -0.4 is 5.73 Å². The van der Waals surface area contributed by atoms with Gasteiger partial charge in [0, 0.05) is 38.1 Å². The number of hydrogen-bond acceptors (Lipinski definition) is 4. The van der Waals surface area contributed by atoms with Crippen molar-refractivity contribution in [2.45, 2.75) is 30.7 Å². The Morgan fingerprint density at radius 2 is 2.00 bits per heavy atom. The summed E-state index contributed by atoms with van der Waals surface area (Å²) in [6, 6.07) is 10.6. The average molecular weight is 286 g/mol. The first-order chi connectivity index (χ1) is 10.2. The van der Waals surface area contributed by atoms with Crippen LogP contribution in [0.4, 0.5) is 0 Å². The van der Waals surface area contributed by atoms with Crippen LogP contribution in [0.25, 0.3) is 0 Å². The number of aryl methyl sites for hydroxylation is 1. The molecule has 1 aliphatic rings. The van der Waals surface area contributed by atoms with E-state index in [4.69, 9.17) is 10.5 Å². The fourth-order valence-corrected chi connectivity index (χ4v) is 3.28. The van der Waals surface area contributed by atoms with Gasteiger partial charge in [-0.2, -0.15) is 5.10 Å². The van der Waals surface area contributed by atoms with Crippen molar-refractivity contribution in [3.63, 3.8) is 0 Å². The lowest BCUT2D eigenvalue weighted by Crippen LogP contribution is -2.50. The van der Waals surface area contributed by atoms with Gasteiger partial charge in [0.05, 0.1) is 0 Å². The molecule has 2 aromatic rings. The van der Waals surface area contributed by atoms with Gasteiger partial charge in [-0.05, 0) is 18.4 Å². The third-order valence-electron chi connectivity index (χ3n) is 4.65. The lowest BCUT2D eigenvalue weighted by atomic mass is 9.68. The van der Waals surface area contributed by atoms with Gasteiger partial charge in [0.25, 0.3) is 0 Å². The van der Waals surface area contributed by atoms with Crippen molar-refractivity contribution in [3.8, 4) is 0 Å². The molecule has 1 atom stereocenters. The molecule has 1 fully saturated rings. The van der Waals surface area contributed by atoms with Crippen LogP contribution in [0.1, 0.15) is 24.2 Å². The van der Waals surface area contributed by atoms with E-state index in [1.54, 1.807) is 11.0 Å². The van der Waals surface area contributed by atoms with E-state index in [-0.39, 0.29) is 11.5 Å². The maximum atomic E-state index is 6.64. The molecule has 5 heteroatoms. The van der Waals surface area contributed by atoms with E-state index in [1.165, 1.54) is 5.56 Å². The molecule has 5 nitrogen and oxygen atoms in total. The summed E-state index contributed by atoms with van der Waals surface area (Å²) in [5, 5.41) is 4.14. The molecule has 1 unspecified atom stereocenters. The minimum atomic E-state index is -0.0362. The number of benzene rings is 1. The van der Waals surface area contributed by atoms with E-state index in [2.05, 4.69) is 34.3 Å². The zero-order chi connectivity index (χ0) is 14.7. The van der Waals surface area contributed by atoms with Crippen LogP contribution in [0.2, 0.25) is 0 Å². The van der Waals surface area contributed by atoms with Gasteiger partial charge in [-0.3, -0.25) is 4.68 Å². The molecule has 1 aromatic carbocycles. The summed E-state index contributed by atoms with van der Waals surface area (Å²) in [5.74, 6) is 0.935. The predicted octanol–water partition coefficient (Wildman–Crippen LogP) is 1.43. The fraction of sp³-hybridized carbons (Fsp3) is 0.500. The Kier molecular flexibility index (Phi) is 4.03. The summed E-state index contributed by atoms with van der Waals surface area (Å²) in [6.07, 6.45) is 4.22. The zero-order valence-electron chi connectivity index (χ0n) is 12.4. The van der Waals surface area contributed by atoms with E-state index in [9.17, 15) is 0 Å². The van der Waals surface area contributed by atoms with Crippen molar-refractivity contribution >= 4 is 0 Å². The normalized spacial score (nSPS) is 19.3. The van der Waals surface area contributed by atoms with Gasteiger partial charge in [0.15, 0.2) is 0 Å². The minimum absolute atomic E-state index is 0.00620. The third-order valence-corrected chi connectivity index (χ3v) is 4.65. The quantitative estimate of drug-likeness (QED) is 0.923. The highest BCUT2D eigenvalue weighted by Gasteiger charge is 2.40. The van der Waals surface area contributed by atoms with Crippen LogP contribution >= 0.6 is 0 Å². The van der Waals surface area contributed by atoms with Gasteiger partial charge in [0.2, 0.25) is 0 Å². The highest BCUT2D eigenvalue weighted by atomic mass is 16.5. The Labute approximate surface area is 125 Å². The van der Waals surface area contributed by atoms with Crippen LogP contribution in [-0.2, 0) is 23.6 Å². The summed E-state index contributed by atoms with van der Waals surface area (Å²) in [7, 11) is 1.91. The SMILES string of the molecule is Cn1ncnc1CC(N)C1(c2ccccc2)CCOCC1. The van der Waals surface area contributed by atoms with Crippen LogP contribution in [0.3, 0.4) is 0 Å². The molecular formula is C16H22N4O. The van der Waals surface area contributed by atoms with Gasteiger partial charge in [-0.1, -0.05) is 30.3 Å². The highest BCUT2D eigenvalue weighted by molar-refractivity contribution is 5.29. The van der Waals surface area contributed by atoms with Crippen LogP contribution in [-0.4, -0.2) is 34.0 Å². The number of aromatic nitrogens is 3. The lowest BCUT2D eigenvalue weighted by Gasteiger charge is -2.42. The molecule has 3 rings (SSSR count). The zero-order valence-corrected chi connectivity index (χ0v) is 12.4. The molecule has 112 valence electrons. The number of rotatable bonds is 4. The van der Waals surface area contributed by atoms with Gasteiger partial charge in [0.1, 0.15) is 12.2 Å². The fourth-order valence-electron chi connectivity index (χ4n) is 3.28. The van der Waals surface area contributed by atoms with E-state index in [0.29, 0.717) is 0 Å². The number of ether oxygens (including phenoxy) is 1.